The molecule has 0 saturated carbocycles. The molecule has 0 amide bonds. The Kier molecular flexibility index (Phi) is 8.99. The van der Waals surface area contributed by atoms with Crippen LogP contribution in [0.2, 0.25) is 0 Å². The molecule has 3 aromatic rings. The van der Waals surface area contributed by atoms with E-state index in [1.165, 1.54) is 36.0 Å². The SMILES string of the molecule is CCCCC(CC)CO[n+]1c(C)cc(-c2ccccc2)cc1-c1ccccc1.F[P-](F)(F)(F)(F)F. The van der Waals surface area contributed by atoms with Gasteiger partial charge in [-0.05, 0) is 42.0 Å². The second kappa shape index (κ2) is 11.0. The molecule has 0 aliphatic rings. The van der Waals surface area contributed by atoms with E-state index >= 15 is 0 Å². The molecule has 2 nitrogen and oxygen atoms in total. The van der Waals surface area contributed by atoms with E-state index in [2.05, 4.69) is 93.6 Å². The van der Waals surface area contributed by atoms with Gasteiger partial charge in [-0.15, -0.1) is 0 Å². The van der Waals surface area contributed by atoms with Gasteiger partial charge in [0.25, 0.3) is 5.69 Å². The number of aromatic nitrogens is 1. The van der Waals surface area contributed by atoms with Gasteiger partial charge in [-0.25, -0.2) is 0 Å². The minimum atomic E-state index is -10.7. The molecule has 0 N–H and O–H groups in total. The third kappa shape index (κ3) is 11.6. The molecule has 0 aliphatic heterocycles. The molecule has 0 saturated heterocycles. The summed E-state index contributed by atoms with van der Waals surface area (Å²) in [4.78, 5) is 6.38. The van der Waals surface area contributed by atoms with Crippen LogP contribution in [0, 0.1) is 12.8 Å². The van der Waals surface area contributed by atoms with Crippen LogP contribution in [-0.4, -0.2) is 6.61 Å². The molecular weight excluding hydrogens is 487 g/mol. The van der Waals surface area contributed by atoms with Crippen molar-refractivity contribution in [3.63, 3.8) is 0 Å². The monoisotopic (exact) mass is 519 g/mol. The Morgan fingerprint density at radius 2 is 1.29 bits per heavy atom. The Morgan fingerprint density at radius 3 is 1.77 bits per heavy atom. The minimum absolute atomic E-state index is 0.601. The Bertz CT molecular complexity index is 1060. The first kappa shape index (κ1) is 28.6. The molecule has 0 radical (unpaired) electrons. The van der Waals surface area contributed by atoms with Gasteiger partial charge in [-0.3, -0.25) is 4.84 Å². The van der Waals surface area contributed by atoms with Crippen molar-refractivity contribution >= 4 is 7.81 Å². The standard InChI is InChI=1S/C26H32NO.F6P/c1-4-6-13-22(5-2)20-28-27-21(3)18-25(23-14-9-7-10-15-23)19-26(27)24-16-11-8-12-17-24;1-7(2,3,4,5)6/h7-12,14-19,22H,4-6,13,20H2,1-3H3;/q+1;-1. The van der Waals surface area contributed by atoms with Gasteiger partial charge in [0.15, 0.2) is 6.61 Å². The summed E-state index contributed by atoms with van der Waals surface area (Å²) in [6.45, 7) is 7.40. The van der Waals surface area contributed by atoms with Crippen LogP contribution in [0.15, 0.2) is 72.8 Å². The van der Waals surface area contributed by atoms with Gasteiger partial charge in [0.1, 0.15) is 0 Å². The number of unbranched alkanes of at least 4 members (excludes halogenated alkanes) is 1. The number of hydrogen-bond acceptors (Lipinski definition) is 1. The number of pyridine rings is 1. The summed E-state index contributed by atoms with van der Waals surface area (Å²) < 4.78 is 61.2. The van der Waals surface area contributed by atoms with Gasteiger partial charge in [0.2, 0.25) is 5.69 Å². The Balaban J connectivity index is 0.000000540. The van der Waals surface area contributed by atoms with Gasteiger partial charge >= 0.3 is 33.0 Å². The van der Waals surface area contributed by atoms with Crippen molar-refractivity contribution in [1.82, 2.24) is 0 Å². The molecule has 1 aromatic heterocycles. The van der Waals surface area contributed by atoms with Gasteiger partial charge in [0.05, 0.1) is 5.56 Å². The fraction of sp³-hybridized carbons (Fsp3) is 0.346. The molecule has 35 heavy (non-hydrogen) atoms. The van der Waals surface area contributed by atoms with Gasteiger partial charge in [0, 0.05) is 23.8 Å². The molecule has 194 valence electrons. The third-order valence-electron chi connectivity index (χ3n) is 5.36. The number of halogens is 6. The summed E-state index contributed by atoms with van der Waals surface area (Å²) >= 11 is 0. The average molecular weight is 520 g/mol. The predicted octanol–water partition coefficient (Wildman–Crippen LogP) is 9.64. The molecule has 1 heterocycles. The van der Waals surface area contributed by atoms with E-state index in [0.717, 1.165) is 24.4 Å². The van der Waals surface area contributed by atoms with Gasteiger partial charge < -0.3 is 0 Å². The van der Waals surface area contributed by atoms with Crippen LogP contribution in [0.25, 0.3) is 22.4 Å². The van der Waals surface area contributed by atoms with Crippen molar-refractivity contribution < 1.29 is 34.7 Å². The molecule has 0 aliphatic carbocycles. The number of benzene rings is 2. The summed E-state index contributed by atoms with van der Waals surface area (Å²) in [6.07, 6.45) is 4.89. The van der Waals surface area contributed by atoms with Crippen LogP contribution >= 0.6 is 7.81 Å². The van der Waals surface area contributed by atoms with Crippen LogP contribution in [0.1, 0.15) is 45.2 Å². The number of hydrogen-bond donors (Lipinski definition) is 0. The van der Waals surface area contributed by atoms with Gasteiger partial charge in [-0.2, -0.15) is 0 Å². The Labute approximate surface area is 202 Å². The number of aryl methyl sites for hydroxylation is 1. The zero-order valence-electron chi connectivity index (χ0n) is 20.1. The van der Waals surface area contributed by atoms with E-state index in [9.17, 15) is 25.2 Å². The molecule has 0 fully saturated rings. The Hall–Kier alpha value is -2.60. The van der Waals surface area contributed by atoms with E-state index in [1.54, 1.807) is 0 Å². The van der Waals surface area contributed by atoms with Gasteiger partial charge in [-0.1, -0.05) is 75.2 Å². The first-order valence-corrected chi connectivity index (χ1v) is 13.6. The van der Waals surface area contributed by atoms with Crippen molar-refractivity contribution in [2.75, 3.05) is 6.61 Å². The molecule has 2 aromatic carbocycles. The Morgan fingerprint density at radius 1 is 0.771 bits per heavy atom. The molecular formula is C26H32F6NOP. The molecule has 1 atom stereocenters. The molecule has 1 unspecified atom stereocenters. The average Bonchev–Trinajstić information content (AvgIpc) is 2.78. The molecule has 0 spiro atoms. The van der Waals surface area contributed by atoms with Crippen molar-refractivity contribution in [2.24, 2.45) is 5.92 Å². The maximum absolute atomic E-state index is 10.7. The maximum atomic E-state index is 9.87. The number of rotatable bonds is 9. The number of nitrogens with zero attached hydrogens (tertiary/aromatic N) is 1. The summed E-state index contributed by atoms with van der Waals surface area (Å²) in [5.74, 6) is 0.601. The quantitative estimate of drug-likeness (QED) is 0.156. The summed E-state index contributed by atoms with van der Waals surface area (Å²) in [6, 6.07) is 25.5. The van der Waals surface area contributed by atoms with Crippen LogP contribution in [0.5, 0.6) is 0 Å². The van der Waals surface area contributed by atoms with E-state index in [1.807, 2.05) is 4.73 Å². The van der Waals surface area contributed by atoms with Crippen molar-refractivity contribution in [2.45, 2.75) is 46.5 Å². The van der Waals surface area contributed by atoms with Crippen LogP contribution in [0.4, 0.5) is 25.2 Å². The second-order valence-electron chi connectivity index (χ2n) is 8.47. The topological polar surface area (TPSA) is 13.1 Å². The summed E-state index contributed by atoms with van der Waals surface area (Å²) in [5, 5.41) is 0. The zero-order valence-corrected chi connectivity index (χ0v) is 21.0. The predicted molar refractivity (Wildman–Crippen MR) is 131 cm³/mol. The van der Waals surface area contributed by atoms with Crippen molar-refractivity contribution in [3.05, 3.63) is 78.5 Å². The van der Waals surface area contributed by atoms with E-state index in [-0.39, 0.29) is 0 Å². The molecule has 9 heteroatoms. The fourth-order valence-electron chi connectivity index (χ4n) is 3.58. The van der Waals surface area contributed by atoms with E-state index in [4.69, 9.17) is 4.84 Å². The van der Waals surface area contributed by atoms with E-state index in [0.29, 0.717) is 5.92 Å². The first-order valence-electron chi connectivity index (χ1n) is 11.5. The zero-order chi connectivity index (χ0) is 26.2. The van der Waals surface area contributed by atoms with Crippen LogP contribution in [-0.2, 0) is 0 Å². The normalized spacial score (nSPS) is 14.2. The third-order valence-corrected chi connectivity index (χ3v) is 5.36. The first-order chi connectivity index (χ1) is 16.2. The second-order valence-corrected chi connectivity index (χ2v) is 10.4. The van der Waals surface area contributed by atoms with Crippen molar-refractivity contribution in [3.8, 4) is 22.4 Å². The molecule has 3 rings (SSSR count). The van der Waals surface area contributed by atoms with Crippen LogP contribution < -0.4 is 9.57 Å². The van der Waals surface area contributed by atoms with Crippen LogP contribution in [0.3, 0.4) is 0 Å². The summed E-state index contributed by atoms with van der Waals surface area (Å²) in [5.41, 5.74) is 5.83. The summed E-state index contributed by atoms with van der Waals surface area (Å²) in [7, 11) is -10.7. The fourth-order valence-corrected chi connectivity index (χ4v) is 3.58. The molecule has 0 bridgehead atoms. The van der Waals surface area contributed by atoms with E-state index < -0.39 is 7.81 Å². The van der Waals surface area contributed by atoms with Crippen molar-refractivity contribution in [1.29, 1.82) is 0 Å².